The molecule has 2 N–H and O–H groups in total. The van der Waals surface area contributed by atoms with E-state index >= 15 is 0 Å². The van der Waals surface area contributed by atoms with Crippen LogP contribution in [0, 0.1) is 13.8 Å². The first-order valence-electron chi connectivity index (χ1n) is 8.80. The third kappa shape index (κ3) is 4.93. The van der Waals surface area contributed by atoms with Crippen LogP contribution < -0.4 is 5.32 Å². The van der Waals surface area contributed by atoms with Crippen LogP contribution in [0.1, 0.15) is 61.9 Å². The minimum Gasteiger partial charge on any atom is -0.480 e. The van der Waals surface area contributed by atoms with Crippen LogP contribution in [0.25, 0.3) is 0 Å². The number of carboxylic acid groups (broad SMARTS) is 1. The summed E-state index contributed by atoms with van der Waals surface area (Å²) in [6.07, 6.45) is 7.47. The van der Waals surface area contributed by atoms with Gasteiger partial charge < -0.3 is 10.4 Å². The summed E-state index contributed by atoms with van der Waals surface area (Å²) >= 11 is 1.49. The van der Waals surface area contributed by atoms with Crippen LogP contribution in [0.2, 0.25) is 0 Å². The van der Waals surface area contributed by atoms with E-state index in [0.717, 1.165) is 47.8 Å². The molecule has 2 rings (SSSR count). The third-order valence-electron chi connectivity index (χ3n) is 4.93. The van der Waals surface area contributed by atoms with Crippen molar-refractivity contribution in [3.63, 3.8) is 0 Å². The van der Waals surface area contributed by atoms with Gasteiger partial charge in [0.1, 0.15) is 5.54 Å². The molecule has 1 aliphatic carbocycles. The van der Waals surface area contributed by atoms with Gasteiger partial charge in [0.05, 0.1) is 0 Å². The molecule has 1 saturated carbocycles. The molecular weight excluding hydrogens is 338 g/mol. The van der Waals surface area contributed by atoms with Gasteiger partial charge in [0, 0.05) is 17.8 Å². The van der Waals surface area contributed by atoms with Crippen molar-refractivity contribution in [2.75, 3.05) is 6.26 Å². The van der Waals surface area contributed by atoms with Gasteiger partial charge in [0.25, 0.3) is 0 Å². The number of nitrogens with one attached hydrogen (secondary N) is 1. The molecular formula is C18H27N3O3S. The minimum atomic E-state index is -1.10. The van der Waals surface area contributed by atoms with Crippen LogP contribution in [-0.2, 0) is 16.0 Å². The summed E-state index contributed by atoms with van der Waals surface area (Å²) < 4.78 is 0. The predicted octanol–water partition coefficient (Wildman–Crippen LogP) is 3.04. The molecule has 138 valence electrons. The van der Waals surface area contributed by atoms with E-state index in [2.05, 4.69) is 15.3 Å². The number of carbonyl (C=O) groups excluding carboxylic acids is 1. The Morgan fingerprint density at radius 1 is 1.12 bits per heavy atom. The van der Waals surface area contributed by atoms with Gasteiger partial charge in [-0.2, -0.15) is 0 Å². The van der Waals surface area contributed by atoms with Crippen LogP contribution in [-0.4, -0.2) is 38.7 Å². The molecule has 25 heavy (non-hydrogen) atoms. The maximum Gasteiger partial charge on any atom is 0.329 e. The lowest BCUT2D eigenvalue weighted by atomic mass is 9.90. The van der Waals surface area contributed by atoms with E-state index in [-0.39, 0.29) is 12.3 Å². The number of aromatic nitrogens is 2. The van der Waals surface area contributed by atoms with E-state index < -0.39 is 11.5 Å². The fraction of sp³-hybridized carbons (Fsp3) is 0.667. The number of carboxylic acids is 1. The summed E-state index contributed by atoms with van der Waals surface area (Å²) in [5.41, 5.74) is 1.63. The standard InChI is InChI=1S/C18H27N3O3S/c1-12-14(13(2)20-17(19-12)25-3)8-9-15(22)21-18(16(23)24)10-6-4-5-7-11-18/h4-11H2,1-3H3,(H,21,22)(H,23,24). The SMILES string of the molecule is CSc1nc(C)c(CCC(=O)NC2(C(=O)O)CCCCCC2)c(C)n1. The van der Waals surface area contributed by atoms with Crippen LogP contribution in [0.5, 0.6) is 0 Å². The molecule has 0 bridgehead atoms. The number of amides is 1. The Bertz CT molecular complexity index is 617. The molecule has 1 aromatic heterocycles. The zero-order valence-electron chi connectivity index (χ0n) is 15.2. The summed E-state index contributed by atoms with van der Waals surface area (Å²) in [6, 6.07) is 0. The van der Waals surface area contributed by atoms with Crippen molar-refractivity contribution in [2.45, 2.75) is 75.9 Å². The third-order valence-corrected chi connectivity index (χ3v) is 5.48. The van der Waals surface area contributed by atoms with Crippen molar-refractivity contribution in [3.05, 3.63) is 17.0 Å². The number of aryl methyl sites for hydroxylation is 2. The number of aliphatic carboxylic acids is 1. The Balaban J connectivity index is 2.03. The molecule has 0 saturated heterocycles. The highest BCUT2D eigenvalue weighted by molar-refractivity contribution is 7.98. The van der Waals surface area contributed by atoms with Crippen LogP contribution in [0.3, 0.4) is 0 Å². The molecule has 0 atom stereocenters. The number of hydrogen-bond acceptors (Lipinski definition) is 5. The molecule has 0 spiro atoms. The van der Waals surface area contributed by atoms with Gasteiger partial charge in [-0.3, -0.25) is 4.79 Å². The van der Waals surface area contributed by atoms with Crippen LogP contribution in [0.15, 0.2) is 5.16 Å². The number of carbonyl (C=O) groups is 2. The molecule has 0 aromatic carbocycles. The number of thioether (sulfide) groups is 1. The maximum atomic E-state index is 12.4. The average molecular weight is 365 g/mol. The van der Waals surface area contributed by atoms with E-state index in [0.29, 0.717) is 19.3 Å². The van der Waals surface area contributed by atoms with Crippen molar-refractivity contribution in [1.29, 1.82) is 0 Å². The topological polar surface area (TPSA) is 92.2 Å². The first-order valence-corrected chi connectivity index (χ1v) is 10.0. The number of nitrogens with zero attached hydrogens (tertiary/aromatic N) is 2. The molecule has 1 amide bonds. The highest BCUT2D eigenvalue weighted by Gasteiger charge is 2.39. The van der Waals surface area contributed by atoms with E-state index in [1.807, 2.05) is 20.1 Å². The van der Waals surface area contributed by atoms with Crippen molar-refractivity contribution in [3.8, 4) is 0 Å². The zero-order chi connectivity index (χ0) is 18.4. The summed E-state index contributed by atoms with van der Waals surface area (Å²) in [7, 11) is 0. The highest BCUT2D eigenvalue weighted by atomic mass is 32.2. The molecule has 0 radical (unpaired) electrons. The van der Waals surface area contributed by atoms with Gasteiger partial charge in [-0.1, -0.05) is 37.4 Å². The molecule has 1 heterocycles. The van der Waals surface area contributed by atoms with Crippen molar-refractivity contribution in [1.82, 2.24) is 15.3 Å². The second kappa shape index (κ2) is 8.65. The van der Waals surface area contributed by atoms with Crippen LogP contribution >= 0.6 is 11.8 Å². The molecule has 1 aromatic rings. The quantitative estimate of drug-likeness (QED) is 0.457. The van der Waals surface area contributed by atoms with Crippen LogP contribution in [0.4, 0.5) is 0 Å². The fourth-order valence-corrected chi connectivity index (χ4v) is 3.91. The Hall–Kier alpha value is -1.63. The maximum absolute atomic E-state index is 12.4. The Labute approximate surface area is 153 Å². The van der Waals surface area contributed by atoms with Gasteiger partial charge in [-0.15, -0.1) is 0 Å². The van der Waals surface area contributed by atoms with Crippen molar-refractivity contribution < 1.29 is 14.7 Å². The monoisotopic (exact) mass is 365 g/mol. The average Bonchev–Trinajstić information content (AvgIpc) is 2.80. The summed E-state index contributed by atoms with van der Waals surface area (Å²) in [5.74, 6) is -1.13. The summed E-state index contributed by atoms with van der Waals surface area (Å²) in [6.45, 7) is 3.84. The Morgan fingerprint density at radius 3 is 2.16 bits per heavy atom. The number of hydrogen-bond donors (Lipinski definition) is 2. The van der Waals surface area contributed by atoms with E-state index in [1.165, 1.54) is 11.8 Å². The highest BCUT2D eigenvalue weighted by Crippen LogP contribution is 2.28. The second-order valence-electron chi connectivity index (χ2n) is 6.71. The molecule has 0 unspecified atom stereocenters. The normalized spacial score (nSPS) is 16.9. The minimum absolute atomic E-state index is 0.211. The van der Waals surface area contributed by atoms with Gasteiger partial charge in [0.2, 0.25) is 5.91 Å². The first kappa shape index (κ1) is 19.7. The lowest BCUT2D eigenvalue weighted by Gasteiger charge is -2.29. The molecule has 1 aliphatic rings. The van der Waals surface area contributed by atoms with E-state index in [4.69, 9.17) is 0 Å². The van der Waals surface area contributed by atoms with Gasteiger partial charge in [-0.05, 0) is 44.9 Å². The molecule has 1 fully saturated rings. The molecule has 7 heteroatoms. The molecule has 0 aliphatic heterocycles. The Kier molecular flexibility index (Phi) is 6.81. The summed E-state index contributed by atoms with van der Waals surface area (Å²) in [4.78, 5) is 33.1. The Morgan fingerprint density at radius 2 is 1.68 bits per heavy atom. The molecule has 6 nitrogen and oxygen atoms in total. The zero-order valence-corrected chi connectivity index (χ0v) is 16.0. The lowest BCUT2D eigenvalue weighted by Crippen LogP contribution is -2.54. The van der Waals surface area contributed by atoms with Crippen molar-refractivity contribution in [2.24, 2.45) is 0 Å². The van der Waals surface area contributed by atoms with Crippen molar-refractivity contribution >= 4 is 23.6 Å². The second-order valence-corrected chi connectivity index (χ2v) is 7.48. The largest absolute Gasteiger partial charge is 0.480 e. The predicted molar refractivity (Wildman–Crippen MR) is 97.8 cm³/mol. The van der Waals surface area contributed by atoms with E-state index in [1.54, 1.807) is 0 Å². The van der Waals surface area contributed by atoms with E-state index in [9.17, 15) is 14.7 Å². The van der Waals surface area contributed by atoms with Gasteiger partial charge in [0.15, 0.2) is 5.16 Å². The van der Waals surface area contributed by atoms with Gasteiger partial charge >= 0.3 is 5.97 Å². The number of rotatable bonds is 6. The first-order chi connectivity index (χ1) is 11.9. The fourth-order valence-electron chi connectivity index (χ4n) is 3.45. The lowest BCUT2D eigenvalue weighted by molar-refractivity contribution is -0.148. The van der Waals surface area contributed by atoms with Gasteiger partial charge in [-0.25, -0.2) is 14.8 Å². The summed E-state index contributed by atoms with van der Waals surface area (Å²) in [5, 5.41) is 13.2. The smallest absolute Gasteiger partial charge is 0.329 e.